The molecule has 7 nitrogen and oxygen atoms in total. The molecule has 0 aliphatic carbocycles. The number of aromatic nitrogens is 2. The van der Waals surface area contributed by atoms with Gasteiger partial charge in [-0.3, -0.25) is 9.36 Å². The van der Waals surface area contributed by atoms with E-state index in [1.807, 2.05) is 48.5 Å². The minimum Gasteiger partial charge on any atom is -0.497 e. The molecule has 5 aromatic rings. The van der Waals surface area contributed by atoms with Crippen LogP contribution in [-0.2, 0) is 5.75 Å². The van der Waals surface area contributed by atoms with Gasteiger partial charge in [-0.2, -0.15) is 0 Å². The van der Waals surface area contributed by atoms with Gasteiger partial charge in [0.1, 0.15) is 17.1 Å². The van der Waals surface area contributed by atoms with E-state index in [-0.39, 0.29) is 5.56 Å². The second-order valence-corrected chi connectivity index (χ2v) is 8.44. The third-order valence-corrected chi connectivity index (χ3v) is 6.44. The Morgan fingerprint density at radius 3 is 2.50 bits per heavy atom. The molecule has 0 atom stereocenters. The molecule has 0 fully saturated rings. The van der Waals surface area contributed by atoms with E-state index in [1.54, 1.807) is 37.0 Å². The van der Waals surface area contributed by atoms with Gasteiger partial charge in [-0.25, -0.2) is 9.78 Å². The van der Waals surface area contributed by atoms with E-state index in [2.05, 4.69) is 0 Å². The zero-order chi connectivity index (χ0) is 23.7. The van der Waals surface area contributed by atoms with Crippen LogP contribution in [0.4, 0.5) is 0 Å². The zero-order valence-corrected chi connectivity index (χ0v) is 19.3. The van der Waals surface area contributed by atoms with Crippen LogP contribution in [-0.4, -0.2) is 23.8 Å². The van der Waals surface area contributed by atoms with E-state index < -0.39 is 5.63 Å². The van der Waals surface area contributed by atoms with Crippen molar-refractivity contribution in [2.45, 2.75) is 10.9 Å². The second kappa shape index (κ2) is 9.07. The maximum absolute atomic E-state index is 13.5. The predicted molar refractivity (Wildman–Crippen MR) is 132 cm³/mol. The van der Waals surface area contributed by atoms with Crippen molar-refractivity contribution in [1.82, 2.24) is 9.55 Å². The Bertz CT molecular complexity index is 1640. The number of benzene rings is 3. The molecule has 0 saturated heterocycles. The first-order chi connectivity index (χ1) is 16.6. The number of hydrogen-bond donors (Lipinski definition) is 0. The van der Waals surface area contributed by atoms with Crippen LogP contribution < -0.4 is 20.7 Å². The maximum atomic E-state index is 13.5. The van der Waals surface area contributed by atoms with E-state index >= 15 is 0 Å². The lowest BCUT2D eigenvalue weighted by Gasteiger charge is -2.14. The summed E-state index contributed by atoms with van der Waals surface area (Å²) in [6, 6.07) is 21.3. The molecule has 170 valence electrons. The van der Waals surface area contributed by atoms with Gasteiger partial charge in [0.05, 0.1) is 30.8 Å². The Morgan fingerprint density at radius 2 is 1.68 bits per heavy atom. The van der Waals surface area contributed by atoms with E-state index in [0.29, 0.717) is 44.6 Å². The molecule has 0 spiro atoms. The monoisotopic (exact) mass is 472 g/mol. The lowest BCUT2D eigenvalue weighted by Crippen LogP contribution is -2.21. The summed E-state index contributed by atoms with van der Waals surface area (Å²) in [4.78, 5) is 30.5. The molecular formula is C26H20N2O5S. The molecule has 0 radical (unpaired) electrons. The Morgan fingerprint density at radius 1 is 0.882 bits per heavy atom. The minimum atomic E-state index is -0.451. The summed E-state index contributed by atoms with van der Waals surface area (Å²) < 4.78 is 17.5. The number of para-hydroxylation sites is 1. The van der Waals surface area contributed by atoms with Gasteiger partial charge in [-0.15, -0.1) is 0 Å². The lowest BCUT2D eigenvalue weighted by molar-refractivity contribution is 0.414. The Balaban J connectivity index is 1.63. The molecule has 0 N–H and O–H groups in total. The molecule has 0 saturated carbocycles. The number of hydrogen-bond acceptors (Lipinski definition) is 7. The summed E-state index contributed by atoms with van der Waals surface area (Å²) >= 11 is 1.37. The molecule has 2 aromatic heterocycles. The van der Waals surface area contributed by atoms with E-state index in [0.717, 1.165) is 10.9 Å². The van der Waals surface area contributed by atoms with Crippen molar-refractivity contribution in [3.8, 4) is 17.2 Å². The van der Waals surface area contributed by atoms with E-state index in [9.17, 15) is 9.59 Å². The number of nitrogens with zero attached hydrogens (tertiary/aromatic N) is 2. The van der Waals surface area contributed by atoms with E-state index in [1.165, 1.54) is 17.8 Å². The number of ether oxygens (including phenoxy) is 2. The standard InChI is InChI=1S/C26H20N2O5S/c1-31-18-7-5-6-17(13-18)28-25(30)21-8-3-4-9-22(21)27-26(28)34-15-16-12-24(29)33-23-14-19(32-2)10-11-20(16)23/h3-14H,15H2,1-2H3. The molecule has 5 rings (SSSR count). The van der Waals surface area contributed by atoms with Crippen molar-refractivity contribution in [3.63, 3.8) is 0 Å². The number of fused-ring (bicyclic) bond motifs is 2. The predicted octanol–water partition coefficient (Wildman–Crippen LogP) is 4.80. The van der Waals surface area contributed by atoms with Crippen LogP contribution in [0.2, 0.25) is 0 Å². The molecule has 0 aliphatic rings. The minimum absolute atomic E-state index is 0.177. The van der Waals surface area contributed by atoms with Crippen molar-refractivity contribution in [2.24, 2.45) is 0 Å². The summed E-state index contributed by atoms with van der Waals surface area (Å²) in [5.41, 5.74) is 1.85. The SMILES string of the molecule is COc1cccc(-n2c(SCc3cc(=O)oc4cc(OC)ccc34)nc3ccccc3c2=O)c1. The summed E-state index contributed by atoms with van der Waals surface area (Å²) in [7, 11) is 3.14. The fourth-order valence-electron chi connectivity index (χ4n) is 3.79. The van der Waals surface area contributed by atoms with Gasteiger partial charge in [0, 0.05) is 29.3 Å². The Kier molecular flexibility index (Phi) is 5.81. The zero-order valence-electron chi connectivity index (χ0n) is 18.5. The summed E-state index contributed by atoms with van der Waals surface area (Å²) in [6.07, 6.45) is 0. The molecule has 2 heterocycles. The van der Waals surface area contributed by atoms with Crippen molar-refractivity contribution in [1.29, 1.82) is 0 Å². The first kappa shape index (κ1) is 21.8. The van der Waals surface area contributed by atoms with Gasteiger partial charge in [0.25, 0.3) is 5.56 Å². The van der Waals surface area contributed by atoms with Crippen LogP contribution in [0.25, 0.3) is 27.6 Å². The summed E-state index contributed by atoms with van der Waals surface area (Å²) in [5, 5.41) is 1.82. The molecular weight excluding hydrogens is 452 g/mol. The van der Waals surface area contributed by atoms with Crippen molar-refractivity contribution in [2.75, 3.05) is 14.2 Å². The topological polar surface area (TPSA) is 83.6 Å². The van der Waals surface area contributed by atoms with Crippen LogP contribution in [0, 0.1) is 0 Å². The van der Waals surface area contributed by atoms with Crippen LogP contribution in [0.15, 0.2) is 92.0 Å². The normalized spacial score (nSPS) is 11.1. The highest BCUT2D eigenvalue weighted by Crippen LogP contribution is 2.29. The second-order valence-electron chi connectivity index (χ2n) is 7.50. The van der Waals surface area contributed by atoms with Gasteiger partial charge >= 0.3 is 5.63 Å². The molecule has 0 aliphatic heterocycles. The average Bonchev–Trinajstić information content (AvgIpc) is 2.86. The van der Waals surface area contributed by atoms with Gasteiger partial charge < -0.3 is 13.9 Å². The van der Waals surface area contributed by atoms with Gasteiger partial charge in [0.2, 0.25) is 0 Å². The molecule has 34 heavy (non-hydrogen) atoms. The first-order valence-corrected chi connectivity index (χ1v) is 11.5. The Hall–Kier alpha value is -4.04. The van der Waals surface area contributed by atoms with Crippen LogP contribution >= 0.6 is 11.8 Å². The van der Waals surface area contributed by atoms with Gasteiger partial charge in [-0.1, -0.05) is 30.0 Å². The van der Waals surface area contributed by atoms with Crippen LogP contribution in [0.5, 0.6) is 11.5 Å². The van der Waals surface area contributed by atoms with Gasteiger partial charge in [0.15, 0.2) is 5.16 Å². The van der Waals surface area contributed by atoms with Crippen molar-refractivity contribution < 1.29 is 13.9 Å². The number of thioether (sulfide) groups is 1. The third-order valence-electron chi connectivity index (χ3n) is 5.45. The summed E-state index contributed by atoms with van der Waals surface area (Å²) in [5.74, 6) is 1.64. The largest absolute Gasteiger partial charge is 0.497 e. The molecule has 0 unspecified atom stereocenters. The lowest BCUT2D eigenvalue weighted by atomic mass is 10.1. The van der Waals surface area contributed by atoms with Crippen molar-refractivity contribution in [3.05, 3.63) is 99.1 Å². The molecule has 8 heteroatoms. The maximum Gasteiger partial charge on any atom is 0.336 e. The van der Waals surface area contributed by atoms with Crippen LogP contribution in [0.3, 0.4) is 0 Å². The average molecular weight is 473 g/mol. The van der Waals surface area contributed by atoms with Gasteiger partial charge in [-0.05, 0) is 42.0 Å². The fraction of sp³-hybridized carbons (Fsp3) is 0.115. The molecule has 0 amide bonds. The number of rotatable bonds is 6. The van der Waals surface area contributed by atoms with Crippen molar-refractivity contribution >= 4 is 33.6 Å². The molecule has 3 aromatic carbocycles. The van der Waals surface area contributed by atoms with Crippen LogP contribution in [0.1, 0.15) is 5.56 Å². The highest BCUT2D eigenvalue weighted by molar-refractivity contribution is 7.98. The van der Waals surface area contributed by atoms with E-state index in [4.69, 9.17) is 18.9 Å². The molecule has 0 bridgehead atoms. The smallest absolute Gasteiger partial charge is 0.336 e. The highest BCUT2D eigenvalue weighted by Gasteiger charge is 2.15. The Labute approximate surface area is 198 Å². The highest BCUT2D eigenvalue weighted by atomic mass is 32.2. The quantitative estimate of drug-likeness (QED) is 0.199. The summed E-state index contributed by atoms with van der Waals surface area (Å²) in [6.45, 7) is 0. The number of methoxy groups -OCH3 is 2. The third kappa shape index (κ3) is 4.04. The first-order valence-electron chi connectivity index (χ1n) is 10.5. The fourth-order valence-corrected chi connectivity index (χ4v) is 4.79.